The summed E-state index contributed by atoms with van der Waals surface area (Å²) in [6, 6.07) is 16.9. The number of aryl methyl sites for hydroxylation is 1. The molecule has 1 saturated heterocycles. The number of halogens is 1. The van der Waals surface area contributed by atoms with Crippen LogP contribution < -0.4 is 0 Å². The fraction of sp³-hybridized carbons (Fsp3) is 0.300. The molecule has 6 heteroatoms. The summed E-state index contributed by atoms with van der Waals surface area (Å²) in [6.07, 6.45) is 1.85. The first kappa shape index (κ1) is 17.4. The monoisotopic (exact) mass is 412 g/mol. The van der Waals surface area contributed by atoms with Crippen LogP contribution in [0.25, 0.3) is 0 Å². The molecule has 134 valence electrons. The number of aromatic nitrogens is 3. The van der Waals surface area contributed by atoms with Crippen LogP contribution in [0, 0.1) is 6.92 Å². The molecule has 1 aromatic heterocycles. The molecule has 0 N–H and O–H groups in total. The molecule has 3 aromatic rings. The summed E-state index contributed by atoms with van der Waals surface area (Å²) in [5.41, 5.74) is 4.61. The number of ether oxygens (including phenoxy) is 1. The summed E-state index contributed by atoms with van der Waals surface area (Å²) in [7, 11) is 0. The molecule has 26 heavy (non-hydrogen) atoms. The lowest BCUT2D eigenvalue weighted by Crippen LogP contribution is -2.23. The third-order valence-electron chi connectivity index (χ3n) is 4.54. The molecule has 5 nitrogen and oxygen atoms in total. The van der Waals surface area contributed by atoms with Gasteiger partial charge in [0, 0.05) is 17.6 Å². The van der Waals surface area contributed by atoms with Crippen molar-refractivity contribution >= 4 is 15.9 Å². The van der Waals surface area contributed by atoms with Gasteiger partial charge in [-0.1, -0.05) is 63.1 Å². The van der Waals surface area contributed by atoms with Crippen molar-refractivity contribution in [2.75, 3.05) is 13.2 Å². The van der Waals surface area contributed by atoms with Gasteiger partial charge in [0.05, 0.1) is 19.3 Å². The first-order valence-electron chi connectivity index (χ1n) is 8.73. The van der Waals surface area contributed by atoms with Crippen LogP contribution in [0.15, 0.2) is 59.2 Å². The van der Waals surface area contributed by atoms with E-state index in [0.717, 1.165) is 29.9 Å². The van der Waals surface area contributed by atoms with Crippen LogP contribution in [0.5, 0.6) is 0 Å². The quantitative estimate of drug-likeness (QED) is 0.636. The summed E-state index contributed by atoms with van der Waals surface area (Å²) >= 11 is 3.51. The Kier molecular flexibility index (Phi) is 5.15. The van der Waals surface area contributed by atoms with E-state index in [9.17, 15) is 0 Å². The van der Waals surface area contributed by atoms with Crippen molar-refractivity contribution in [3.63, 3.8) is 0 Å². The molecule has 4 rings (SSSR count). The average molecular weight is 413 g/mol. The average Bonchev–Trinajstić information content (AvgIpc) is 3.26. The first-order valence-corrected chi connectivity index (χ1v) is 9.52. The molecule has 0 spiro atoms. The van der Waals surface area contributed by atoms with Gasteiger partial charge < -0.3 is 4.74 Å². The van der Waals surface area contributed by atoms with Gasteiger partial charge in [0.1, 0.15) is 5.69 Å². The maximum Gasteiger partial charge on any atom is 0.157 e. The van der Waals surface area contributed by atoms with Gasteiger partial charge in [-0.2, -0.15) is 0 Å². The summed E-state index contributed by atoms with van der Waals surface area (Å²) in [5, 5.41) is 8.64. The summed E-state index contributed by atoms with van der Waals surface area (Å²) in [5.74, 6) is 0. The van der Waals surface area contributed by atoms with Crippen LogP contribution in [0.3, 0.4) is 0 Å². The highest BCUT2D eigenvalue weighted by Crippen LogP contribution is 2.27. The Morgan fingerprint density at radius 2 is 1.96 bits per heavy atom. The van der Waals surface area contributed by atoms with Gasteiger partial charge in [-0.25, -0.2) is 4.68 Å². The van der Waals surface area contributed by atoms with Crippen LogP contribution in [-0.2, 0) is 17.8 Å². The number of nitrogens with zero attached hydrogens (tertiary/aromatic N) is 4. The molecule has 0 bridgehead atoms. The Hall–Kier alpha value is -2.02. The molecular formula is C20H21BrN4O. The summed E-state index contributed by atoms with van der Waals surface area (Å²) < 4.78 is 8.87. The normalized spacial score (nSPS) is 17.7. The second kappa shape index (κ2) is 7.70. The van der Waals surface area contributed by atoms with Gasteiger partial charge in [-0.15, -0.1) is 5.10 Å². The van der Waals surface area contributed by atoms with E-state index in [4.69, 9.17) is 4.74 Å². The molecule has 1 fully saturated rings. The van der Waals surface area contributed by atoms with Crippen molar-refractivity contribution in [2.45, 2.75) is 26.2 Å². The zero-order chi connectivity index (χ0) is 17.9. The minimum Gasteiger partial charge on any atom is -0.356 e. The lowest BCUT2D eigenvalue weighted by molar-refractivity contribution is 0.0252. The van der Waals surface area contributed by atoms with Gasteiger partial charge in [0.25, 0.3) is 0 Å². The smallest absolute Gasteiger partial charge is 0.157 e. The molecule has 0 saturated carbocycles. The van der Waals surface area contributed by atoms with Crippen molar-refractivity contribution in [2.24, 2.45) is 0 Å². The van der Waals surface area contributed by atoms with Crippen molar-refractivity contribution in [1.29, 1.82) is 0 Å². The zero-order valence-corrected chi connectivity index (χ0v) is 16.3. The third kappa shape index (κ3) is 4.03. The zero-order valence-electron chi connectivity index (χ0n) is 14.7. The third-order valence-corrected chi connectivity index (χ3v) is 5.03. The van der Waals surface area contributed by atoms with E-state index in [1.54, 1.807) is 0 Å². The first-order chi connectivity index (χ1) is 12.7. The highest BCUT2D eigenvalue weighted by Gasteiger charge is 2.29. The molecule has 2 aromatic carbocycles. The summed E-state index contributed by atoms with van der Waals surface area (Å²) in [4.78, 5) is 2.30. The lowest BCUT2D eigenvalue weighted by Gasteiger charge is -2.21. The standard InChI is InChI=1S/C20H21BrN4O/c1-15-5-7-16(8-6-15)12-24-9-10-26-20(24)19-14-25(23-22-19)13-17-3-2-4-18(21)11-17/h2-8,11,14,20H,9-10,12-13H2,1H3/t20-/m1/s1. The number of hydrogen-bond acceptors (Lipinski definition) is 4. The Bertz CT molecular complexity index is 878. The van der Waals surface area contributed by atoms with E-state index in [0.29, 0.717) is 6.54 Å². The molecule has 1 aliphatic rings. The SMILES string of the molecule is Cc1ccc(CN2CCO[C@@H]2c2cn(Cc3cccc(Br)c3)nn2)cc1. The number of benzene rings is 2. The number of rotatable bonds is 5. The second-order valence-corrected chi connectivity index (χ2v) is 7.57. The van der Waals surface area contributed by atoms with Crippen LogP contribution >= 0.6 is 15.9 Å². The van der Waals surface area contributed by atoms with Crippen LogP contribution in [-0.4, -0.2) is 33.0 Å². The van der Waals surface area contributed by atoms with Gasteiger partial charge in [-0.05, 0) is 30.2 Å². The lowest BCUT2D eigenvalue weighted by atomic mass is 10.1. The number of hydrogen-bond donors (Lipinski definition) is 0. The topological polar surface area (TPSA) is 43.2 Å². The van der Waals surface area contributed by atoms with E-state index in [1.807, 2.05) is 23.0 Å². The van der Waals surface area contributed by atoms with Gasteiger partial charge in [0.15, 0.2) is 6.23 Å². The van der Waals surface area contributed by atoms with Crippen LogP contribution in [0.1, 0.15) is 28.6 Å². The Morgan fingerprint density at radius 1 is 1.12 bits per heavy atom. The largest absolute Gasteiger partial charge is 0.356 e. The Balaban J connectivity index is 1.46. The molecule has 0 amide bonds. The molecule has 0 unspecified atom stereocenters. The molecule has 1 atom stereocenters. The highest BCUT2D eigenvalue weighted by molar-refractivity contribution is 9.10. The maximum atomic E-state index is 5.93. The van der Waals surface area contributed by atoms with E-state index in [-0.39, 0.29) is 6.23 Å². The maximum absolute atomic E-state index is 5.93. The molecular weight excluding hydrogens is 392 g/mol. The van der Waals surface area contributed by atoms with Crippen LogP contribution in [0.2, 0.25) is 0 Å². The van der Waals surface area contributed by atoms with E-state index >= 15 is 0 Å². The molecule has 0 radical (unpaired) electrons. The van der Waals surface area contributed by atoms with E-state index in [1.165, 1.54) is 16.7 Å². The van der Waals surface area contributed by atoms with E-state index in [2.05, 4.69) is 74.5 Å². The predicted molar refractivity (Wildman–Crippen MR) is 104 cm³/mol. The Labute approximate surface area is 161 Å². The van der Waals surface area contributed by atoms with Gasteiger partial charge >= 0.3 is 0 Å². The molecule has 2 heterocycles. The van der Waals surface area contributed by atoms with E-state index < -0.39 is 0 Å². The molecule has 1 aliphatic heterocycles. The van der Waals surface area contributed by atoms with Crippen molar-refractivity contribution in [3.8, 4) is 0 Å². The van der Waals surface area contributed by atoms with Gasteiger partial charge in [-0.3, -0.25) is 4.90 Å². The predicted octanol–water partition coefficient (Wildman–Crippen LogP) is 3.93. The second-order valence-electron chi connectivity index (χ2n) is 6.65. The fourth-order valence-electron chi connectivity index (χ4n) is 3.19. The van der Waals surface area contributed by atoms with Crippen LogP contribution in [0.4, 0.5) is 0 Å². The van der Waals surface area contributed by atoms with Gasteiger partial charge in [0.2, 0.25) is 0 Å². The highest BCUT2D eigenvalue weighted by atomic mass is 79.9. The minimum atomic E-state index is -0.132. The van der Waals surface area contributed by atoms with Crippen molar-refractivity contribution in [3.05, 3.63) is 81.6 Å². The fourth-order valence-corrected chi connectivity index (χ4v) is 3.64. The molecule has 0 aliphatic carbocycles. The minimum absolute atomic E-state index is 0.132. The van der Waals surface area contributed by atoms with Crippen molar-refractivity contribution in [1.82, 2.24) is 19.9 Å². The summed E-state index contributed by atoms with van der Waals surface area (Å²) in [6.45, 7) is 5.27. The Morgan fingerprint density at radius 3 is 2.77 bits per heavy atom. The van der Waals surface area contributed by atoms with Crippen molar-refractivity contribution < 1.29 is 4.74 Å².